The Bertz CT molecular complexity index is 1410. The smallest absolute Gasteiger partial charge is 0.267 e. The van der Waals surface area contributed by atoms with E-state index in [1.165, 1.54) is 18.2 Å². The minimum atomic E-state index is -0.527. The number of carbonyl (C=O) groups is 1. The molecule has 4 rings (SSSR count). The van der Waals surface area contributed by atoms with E-state index in [-0.39, 0.29) is 11.5 Å². The maximum atomic E-state index is 13.2. The molecule has 0 saturated carbocycles. The number of nitrogens with one attached hydrogen (secondary N) is 1. The number of aryl methyl sites for hydroxylation is 2. The number of hydrogen-bond donors (Lipinski definition) is 1. The van der Waals surface area contributed by atoms with Crippen molar-refractivity contribution in [3.8, 4) is 11.4 Å². The maximum absolute atomic E-state index is 13.2. The lowest BCUT2D eigenvalue weighted by molar-refractivity contribution is -0.384. The second-order valence-electron chi connectivity index (χ2n) is 7.14. The molecule has 1 amide bonds. The molecule has 1 heterocycles. The predicted octanol–water partition coefficient (Wildman–Crippen LogP) is 3.97. The van der Waals surface area contributed by atoms with Crippen LogP contribution in [0.15, 0.2) is 71.5 Å². The van der Waals surface area contributed by atoms with Crippen molar-refractivity contribution in [1.29, 1.82) is 0 Å². The molecule has 0 aliphatic carbocycles. The van der Waals surface area contributed by atoms with Crippen LogP contribution in [0.2, 0.25) is 0 Å². The molecule has 0 fully saturated rings. The van der Waals surface area contributed by atoms with E-state index in [1.807, 2.05) is 19.9 Å². The van der Waals surface area contributed by atoms with Crippen LogP contribution in [0.25, 0.3) is 22.3 Å². The summed E-state index contributed by atoms with van der Waals surface area (Å²) in [6.07, 6.45) is 0. The van der Waals surface area contributed by atoms with E-state index < -0.39 is 16.4 Å². The summed E-state index contributed by atoms with van der Waals surface area (Å²) in [5.41, 5.74) is 5.10. The van der Waals surface area contributed by atoms with Gasteiger partial charge in [-0.2, -0.15) is 4.68 Å². The maximum Gasteiger partial charge on any atom is 0.280 e. The lowest BCUT2D eigenvalue weighted by Crippen LogP contribution is -2.35. The van der Waals surface area contributed by atoms with Gasteiger partial charge < -0.3 is 0 Å². The molecule has 0 aliphatic rings. The minimum Gasteiger partial charge on any atom is -0.267 e. The molecule has 0 unspecified atom stereocenters. The van der Waals surface area contributed by atoms with Gasteiger partial charge in [0.2, 0.25) is 0 Å². The monoisotopic (exact) mass is 414 g/mol. The molecule has 0 aliphatic heterocycles. The van der Waals surface area contributed by atoms with E-state index in [4.69, 9.17) is 0 Å². The Balaban J connectivity index is 1.89. The van der Waals surface area contributed by atoms with Crippen molar-refractivity contribution >= 4 is 22.5 Å². The van der Waals surface area contributed by atoms with E-state index in [1.54, 1.807) is 42.5 Å². The molecule has 0 atom stereocenters. The van der Waals surface area contributed by atoms with Gasteiger partial charge in [0.25, 0.3) is 17.2 Å². The largest absolute Gasteiger partial charge is 0.280 e. The van der Waals surface area contributed by atoms with Crippen LogP contribution in [-0.2, 0) is 0 Å². The Hall–Kier alpha value is -4.33. The molecule has 8 nitrogen and oxygen atoms in total. The van der Waals surface area contributed by atoms with Crippen molar-refractivity contribution in [3.05, 3.63) is 104 Å². The standard InChI is InChI=1S/C23H18N4O4/c1-14-10-11-17(12-15(14)2)22(28)25-26-21(16-6-5-7-18(13-16)27(30)31)24-20-9-4-3-8-19(20)23(26)29/h3-13H,1-2H3,(H,25,28). The number of benzene rings is 3. The van der Waals surface area contributed by atoms with Crippen LogP contribution >= 0.6 is 0 Å². The Morgan fingerprint density at radius 1 is 1.00 bits per heavy atom. The Morgan fingerprint density at radius 2 is 1.77 bits per heavy atom. The van der Waals surface area contributed by atoms with Gasteiger partial charge >= 0.3 is 0 Å². The van der Waals surface area contributed by atoms with E-state index in [0.29, 0.717) is 22.0 Å². The zero-order chi connectivity index (χ0) is 22.1. The number of fused-ring (bicyclic) bond motifs is 1. The number of nitro groups is 1. The van der Waals surface area contributed by atoms with Crippen molar-refractivity contribution in [2.75, 3.05) is 5.43 Å². The van der Waals surface area contributed by atoms with Crippen molar-refractivity contribution in [2.24, 2.45) is 0 Å². The molecule has 3 aromatic carbocycles. The minimum absolute atomic E-state index is 0.101. The van der Waals surface area contributed by atoms with Crippen molar-refractivity contribution in [3.63, 3.8) is 0 Å². The van der Waals surface area contributed by atoms with Gasteiger partial charge in [-0.3, -0.25) is 25.1 Å². The lowest BCUT2D eigenvalue weighted by Gasteiger charge is -2.15. The summed E-state index contributed by atoms with van der Waals surface area (Å²) < 4.78 is 1.04. The third-order valence-corrected chi connectivity index (χ3v) is 5.07. The molecule has 1 N–H and O–H groups in total. The summed E-state index contributed by atoms with van der Waals surface area (Å²) in [6.45, 7) is 3.83. The molecule has 8 heteroatoms. The number of non-ortho nitro benzene ring substituents is 1. The average molecular weight is 414 g/mol. The first-order valence-corrected chi connectivity index (χ1v) is 9.50. The number of nitro benzene ring substituents is 1. The normalized spacial score (nSPS) is 10.8. The van der Waals surface area contributed by atoms with Crippen LogP contribution in [0.5, 0.6) is 0 Å². The average Bonchev–Trinajstić information content (AvgIpc) is 2.77. The third kappa shape index (κ3) is 3.78. The van der Waals surface area contributed by atoms with Gasteiger partial charge in [0.15, 0.2) is 5.82 Å². The van der Waals surface area contributed by atoms with Crippen molar-refractivity contribution in [1.82, 2.24) is 9.66 Å². The van der Waals surface area contributed by atoms with Gasteiger partial charge in [0, 0.05) is 23.3 Å². The zero-order valence-corrected chi connectivity index (χ0v) is 16.8. The topological polar surface area (TPSA) is 107 Å². The van der Waals surface area contributed by atoms with Gasteiger partial charge in [-0.25, -0.2) is 4.98 Å². The molecule has 31 heavy (non-hydrogen) atoms. The second-order valence-corrected chi connectivity index (χ2v) is 7.14. The molecule has 154 valence electrons. The van der Waals surface area contributed by atoms with Gasteiger partial charge in [-0.15, -0.1) is 0 Å². The van der Waals surface area contributed by atoms with Crippen LogP contribution in [0.3, 0.4) is 0 Å². The molecule has 0 bridgehead atoms. The summed E-state index contributed by atoms with van der Waals surface area (Å²) in [5.74, 6) is -0.390. The highest BCUT2D eigenvalue weighted by Gasteiger charge is 2.18. The first-order chi connectivity index (χ1) is 14.8. The summed E-state index contributed by atoms with van der Waals surface area (Å²) >= 11 is 0. The number of nitrogens with zero attached hydrogens (tertiary/aromatic N) is 3. The quantitative estimate of drug-likeness (QED) is 0.402. The second kappa shape index (κ2) is 7.83. The Morgan fingerprint density at radius 3 is 2.52 bits per heavy atom. The first-order valence-electron chi connectivity index (χ1n) is 9.50. The van der Waals surface area contributed by atoms with Crippen LogP contribution in [0.4, 0.5) is 5.69 Å². The Kier molecular flexibility index (Phi) is 5.04. The molecular weight excluding hydrogens is 396 g/mol. The van der Waals surface area contributed by atoms with Gasteiger partial charge in [0.1, 0.15) is 0 Å². The summed E-state index contributed by atoms with van der Waals surface area (Å²) in [7, 11) is 0. The number of hydrogen-bond acceptors (Lipinski definition) is 5. The van der Waals surface area contributed by atoms with Crippen LogP contribution in [-0.4, -0.2) is 20.5 Å². The van der Waals surface area contributed by atoms with Crippen LogP contribution in [0, 0.1) is 24.0 Å². The van der Waals surface area contributed by atoms with Crippen molar-refractivity contribution in [2.45, 2.75) is 13.8 Å². The highest BCUT2D eigenvalue weighted by Crippen LogP contribution is 2.23. The van der Waals surface area contributed by atoms with Gasteiger partial charge in [-0.05, 0) is 49.2 Å². The summed E-state index contributed by atoms with van der Waals surface area (Å²) in [6, 6.07) is 17.7. The summed E-state index contributed by atoms with van der Waals surface area (Å²) in [4.78, 5) is 41.3. The Labute approximate surface area is 176 Å². The summed E-state index contributed by atoms with van der Waals surface area (Å²) in [5, 5.41) is 11.5. The molecule has 4 aromatic rings. The molecule has 1 aromatic heterocycles. The van der Waals surface area contributed by atoms with Gasteiger partial charge in [-0.1, -0.05) is 30.3 Å². The number of para-hydroxylation sites is 1. The van der Waals surface area contributed by atoms with E-state index in [0.717, 1.165) is 15.8 Å². The number of carbonyl (C=O) groups excluding carboxylic acids is 1. The van der Waals surface area contributed by atoms with Crippen molar-refractivity contribution < 1.29 is 9.72 Å². The molecular formula is C23H18N4O4. The molecule has 0 spiro atoms. The molecule has 0 radical (unpaired) electrons. The zero-order valence-electron chi connectivity index (χ0n) is 16.8. The fraction of sp³-hybridized carbons (Fsp3) is 0.0870. The van der Waals surface area contributed by atoms with Crippen LogP contribution in [0.1, 0.15) is 21.5 Å². The first kappa shape index (κ1) is 20.0. The number of amides is 1. The lowest BCUT2D eigenvalue weighted by atomic mass is 10.1. The van der Waals surface area contributed by atoms with E-state index in [2.05, 4.69) is 10.4 Å². The highest BCUT2D eigenvalue weighted by atomic mass is 16.6. The van der Waals surface area contributed by atoms with E-state index in [9.17, 15) is 19.7 Å². The van der Waals surface area contributed by atoms with Crippen LogP contribution < -0.4 is 11.0 Å². The fourth-order valence-electron chi connectivity index (χ4n) is 3.24. The number of aromatic nitrogens is 2. The third-order valence-electron chi connectivity index (χ3n) is 5.07. The fourth-order valence-corrected chi connectivity index (χ4v) is 3.24. The highest BCUT2D eigenvalue weighted by molar-refractivity contribution is 6.00. The predicted molar refractivity (Wildman–Crippen MR) is 118 cm³/mol. The van der Waals surface area contributed by atoms with Gasteiger partial charge in [0.05, 0.1) is 15.8 Å². The SMILES string of the molecule is Cc1ccc(C(=O)Nn2c(-c3cccc([N+](=O)[O-])c3)nc3ccccc3c2=O)cc1C. The number of rotatable bonds is 4. The molecule has 0 saturated heterocycles. The van der Waals surface area contributed by atoms with E-state index >= 15 is 0 Å².